The zero-order chi connectivity index (χ0) is 14.3. The van der Waals surface area contributed by atoms with Gasteiger partial charge in [-0.1, -0.05) is 19.1 Å². The molecule has 0 fully saturated rings. The molecule has 6 nitrogen and oxygen atoms in total. The van der Waals surface area contributed by atoms with E-state index in [2.05, 4.69) is 10.6 Å². The Morgan fingerprint density at radius 3 is 2.79 bits per heavy atom. The number of carboxylic acid groups (broad SMARTS) is 1. The first-order valence-corrected chi connectivity index (χ1v) is 5.88. The number of urea groups is 1. The second kappa shape index (κ2) is 7.38. The third kappa shape index (κ3) is 5.39. The summed E-state index contributed by atoms with van der Waals surface area (Å²) in [7, 11) is 1.60. The highest BCUT2D eigenvalue weighted by Crippen LogP contribution is 2.11. The molecule has 0 aliphatic carbocycles. The molecule has 6 heteroatoms. The van der Waals surface area contributed by atoms with Crippen molar-refractivity contribution in [2.45, 2.75) is 13.5 Å². The number of hydrogen-bond acceptors (Lipinski definition) is 3. The minimum atomic E-state index is -0.942. The number of benzene rings is 1. The fourth-order valence-corrected chi connectivity index (χ4v) is 1.41. The smallest absolute Gasteiger partial charge is 0.319 e. The van der Waals surface area contributed by atoms with Crippen LogP contribution in [0.4, 0.5) is 10.5 Å². The summed E-state index contributed by atoms with van der Waals surface area (Å²) in [5.41, 5.74) is 1.58. The van der Waals surface area contributed by atoms with Crippen molar-refractivity contribution >= 4 is 17.7 Å². The van der Waals surface area contributed by atoms with Crippen LogP contribution in [0.5, 0.6) is 0 Å². The molecule has 3 N–H and O–H groups in total. The largest absolute Gasteiger partial charge is 0.481 e. The van der Waals surface area contributed by atoms with Crippen LogP contribution in [0.15, 0.2) is 24.3 Å². The lowest BCUT2D eigenvalue weighted by molar-refractivity contribution is -0.140. The number of ether oxygens (including phenoxy) is 1. The molecule has 0 spiro atoms. The van der Waals surface area contributed by atoms with Crippen LogP contribution in [0.3, 0.4) is 0 Å². The van der Waals surface area contributed by atoms with E-state index in [-0.39, 0.29) is 6.54 Å². The highest BCUT2D eigenvalue weighted by atomic mass is 16.5. The Balaban J connectivity index is 2.48. The Hall–Kier alpha value is -2.08. The summed E-state index contributed by atoms with van der Waals surface area (Å²) in [5.74, 6) is -1.56. The molecule has 0 heterocycles. The van der Waals surface area contributed by atoms with Gasteiger partial charge >= 0.3 is 12.0 Å². The molecule has 0 aliphatic heterocycles. The van der Waals surface area contributed by atoms with E-state index < -0.39 is 17.9 Å². The van der Waals surface area contributed by atoms with Crippen molar-refractivity contribution in [2.24, 2.45) is 5.92 Å². The second-order valence-electron chi connectivity index (χ2n) is 4.21. The molecule has 0 bridgehead atoms. The summed E-state index contributed by atoms with van der Waals surface area (Å²) in [6.07, 6.45) is 0. The van der Waals surface area contributed by atoms with E-state index in [1.807, 2.05) is 12.1 Å². The summed E-state index contributed by atoms with van der Waals surface area (Å²) in [6, 6.07) is 6.81. The zero-order valence-electron chi connectivity index (χ0n) is 11.0. The number of carboxylic acids is 1. The van der Waals surface area contributed by atoms with Gasteiger partial charge < -0.3 is 20.5 Å². The van der Waals surface area contributed by atoms with Crippen molar-refractivity contribution in [1.82, 2.24) is 5.32 Å². The molecule has 1 atom stereocenters. The van der Waals surface area contributed by atoms with Gasteiger partial charge in [0.25, 0.3) is 0 Å². The average Bonchev–Trinajstić information content (AvgIpc) is 2.36. The number of methoxy groups -OCH3 is 1. The molecule has 1 unspecified atom stereocenters. The van der Waals surface area contributed by atoms with Gasteiger partial charge in [0.05, 0.1) is 12.5 Å². The Morgan fingerprint density at radius 2 is 2.16 bits per heavy atom. The maximum atomic E-state index is 11.6. The summed E-state index contributed by atoms with van der Waals surface area (Å²) in [5, 5.41) is 13.8. The zero-order valence-corrected chi connectivity index (χ0v) is 11.0. The lowest BCUT2D eigenvalue weighted by Gasteiger charge is -2.10. The van der Waals surface area contributed by atoms with Crippen LogP contribution in [-0.4, -0.2) is 30.8 Å². The predicted molar refractivity (Wildman–Crippen MR) is 71.0 cm³/mol. The van der Waals surface area contributed by atoms with Crippen molar-refractivity contribution in [3.63, 3.8) is 0 Å². The predicted octanol–water partition coefficient (Wildman–Crippen LogP) is 1.68. The fraction of sp³-hybridized carbons (Fsp3) is 0.385. The van der Waals surface area contributed by atoms with Gasteiger partial charge in [-0.25, -0.2) is 4.79 Å². The number of nitrogens with one attached hydrogen (secondary N) is 2. The molecule has 0 saturated heterocycles. The highest BCUT2D eigenvalue weighted by Gasteiger charge is 2.12. The molecule has 19 heavy (non-hydrogen) atoms. The molecular weight excluding hydrogens is 248 g/mol. The first-order chi connectivity index (χ1) is 9.02. The van der Waals surface area contributed by atoms with E-state index in [4.69, 9.17) is 9.84 Å². The van der Waals surface area contributed by atoms with Gasteiger partial charge in [-0.2, -0.15) is 0 Å². The van der Waals surface area contributed by atoms with Crippen LogP contribution < -0.4 is 10.6 Å². The summed E-state index contributed by atoms with van der Waals surface area (Å²) in [6.45, 7) is 2.08. The standard InChI is InChI=1S/C13H18N2O4/c1-9(12(16)17)7-14-13(18)15-11-5-3-4-10(6-11)8-19-2/h3-6,9H,7-8H2,1-2H3,(H,16,17)(H2,14,15,18). The summed E-state index contributed by atoms with van der Waals surface area (Å²) in [4.78, 5) is 22.2. The molecular formula is C13H18N2O4. The van der Waals surface area contributed by atoms with E-state index in [9.17, 15) is 9.59 Å². The summed E-state index contributed by atoms with van der Waals surface area (Å²) < 4.78 is 5.00. The number of carbonyl (C=O) groups excluding carboxylic acids is 1. The van der Waals surface area contributed by atoms with Crippen LogP contribution in [0.1, 0.15) is 12.5 Å². The van der Waals surface area contributed by atoms with Crippen LogP contribution in [0.25, 0.3) is 0 Å². The van der Waals surface area contributed by atoms with Crippen molar-refractivity contribution in [3.05, 3.63) is 29.8 Å². The quantitative estimate of drug-likeness (QED) is 0.731. The van der Waals surface area contributed by atoms with E-state index in [1.165, 1.54) is 6.92 Å². The number of carbonyl (C=O) groups is 2. The van der Waals surface area contributed by atoms with Crippen molar-refractivity contribution in [1.29, 1.82) is 0 Å². The van der Waals surface area contributed by atoms with Crippen LogP contribution in [0.2, 0.25) is 0 Å². The molecule has 0 radical (unpaired) electrons. The minimum Gasteiger partial charge on any atom is -0.481 e. The highest BCUT2D eigenvalue weighted by molar-refractivity contribution is 5.89. The van der Waals surface area contributed by atoms with E-state index in [0.717, 1.165) is 5.56 Å². The maximum Gasteiger partial charge on any atom is 0.319 e. The average molecular weight is 266 g/mol. The molecule has 2 amide bonds. The Morgan fingerprint density at radius 1 is 1.42 bits per heavy atom. The van der Waals surface area contributed by atoms with E-state index in [0.29, 0.717) is 12.3 Å². The molecule has 1 aromatic rings. The SMILES string of the molecule is COCc1cccc(NC(=O)NCC(C)C(=O)O)c1. The van der Waals surface area contributed by atoms with Crippen molar-refractivity contribution in [2.75, 3.05) is 19.0 Å². The van der Waals surface area contributed by atoms with Crippen molar-refractivity contribution in [3.8, 4) is 0 Å². The Kier molecular flexibility index (Phi) is 5.81. The van der Waals surface area contributed by atoms with Gasteiger partial charge in [0, 0.05) is 19.3 Å². The Bertz CT molecular complexity index is 448. The fourth-order valence-electron chi connectivity index (χ4n) is 1.41. The third-order valence-corrected chi connectivity index (χ3v) is 2.49. The van der Waals surface area contributed by atoms with Crippen molar-refractivity contribution < 1.29 is 19.4 Å². The first kappa shape index (κ1) is 15.0. The number of amides is 2. The lowest BCUT2D eigenvalue weighted by atomic mass is 10.2. The van der Waals surface area contributed by atoms with Crippen LogP contribution >= 0.6 is 0 Å². The topological polar surface area (TPSA) is 87.7 Å². The second-order valence-corrected chi connectivity index (χ2v) is 4.21. The van der Waals surface area contributed by atoms with Crippen LogP contribution in [0, 0.1) is 5.92 Å². The number of hydrogen-bond donors (Lipinski definition) is 3. The number of anilines is 1. The third-order valence-electron chi connectivity index (χ3n) is 2.49. The van der Waals surface area contributed by atoms with Gasteiger partial charge in [0.1, 0.15) is 0 Å². The maximum absolute atomic E-state index is 11.6. The molecule has 0 saturated carbocycles. The number of rotatable bonds is 6. The minimum absolute atomic E-state index is 0.0823. The molecule has 0 aliphatic rings. The normalized spacial score (nSPS) is 11.7. The van der Waals surface area contributed by atoms with Gasteiger partial charge in [-0.05, 0) is 17.7 Å². The summed E-state index contributed by atoms with van der Waals surface area (Å²) >= 11 is 0. The first-order valence-electron chi connectivity index (χ1n) is 5.88. The molecule has 1 rings (SSSR count). The monoisotopic (exact) mass is 266 g/mol. The molecule has 104 valence electrons. The molecule has 0 aromatic heterocycles. The number of aliphatic carboxylic acids is 1. The van der Waals surface area contributed by atoms with E-state index in [1.54, 1.807) is 19.2 Å². The van der Waals surface area contributed by atoms with Gasteiger partial charge in [-0.3, -0.25) is 4.79 Å². The van der Waals surface area contributed by atoms with Gasteiger partial charge in [0.2, 0.25) is 0 Å². The Labute approximate surface area is 111 Å². The molecule has 1 aromatic carbocycles. The van der Waals surface area contributed by atoms with Gasteiger partial charge in [0.15, 0.2) is 0 Å². The van der Waals surface area contributed by atoms with Gasteiger partial charge in [-0.15, -0.1) is 0 Å². The van der Waals surface area contributed by atoms with Crippen LogP contribution in [-0.2, 0) is 16.1 Å². The lowest BCUT2D eigenvalue weighted by Crippen LogP contribution is -2.34. The van der Waals surface area contributed by atoms with E-state index >= 15 is 0 Å².